The summed E-state index contributed by atoms with van der Waals surface area (Å²) in [6.07, 6.45) is -10.1. The average molecular weight is 374 g/mol. The summed E-state index contributed by atoms with van der Waals surface area (Å²) in [7, 11) is 0. The molecular formula is C10H10F12O. The molecule has 0 saturated carbocycles. The molecule has 0 saturated heterocycles. The molecule has 0 aliphatic heterocycles. The van der Waals surface area contributed by atoms with Crippen molar-refractivity contribution in [3.05, 3.63) is 0 Å². The molecule has 0 atom stereocenters. The van der Waals surface area contributed by atoms with Gasteiger partial charge in [-0.1, -0.05) is 13.3 Å². The molecule has 0 aliphatic carbocycles. The fourth-order valence-electron chi connectivity index (χ4n) is 1.37. The lowest BCUT2D eigenvalue weighted by molar-refractivity contribution is -0.451. The maximum absolute atomic E-state index is 13.1. The van der Waals surface area contributed by atoms with Gasteiger partial charge >= 0.3 is 35.7 Å². The van der Waals surface area contributed by atoms with E-state index < -0.39 is 48.6 Å². The predicted molar refractivity (Wildman–Crippen MR) is 51.4 cm³/mol. The summed E-state index contributed by atoms with van der Waals surface area (Å²) >= 11 is 0. The van der Waals surface area contributed by atoms with Crippen LogP contribution in [0.25, 0.3) is 0 Å². The zero-order valence-electron chi connectivity index (χ0n) is 11.1. The molecule has 0 heterocycles. The van der Waals surface area contributed by atoms with Crippen LogP contribution in [0.4, 0.5) is 52.7 Å². The van der Waals surface area contributed by atoms with Crippen LogP contribution < -0.4 is 0 Å². The van der Waals surface area contributed by atoms with E-state index in [1.165, 1.54) is 0 Å². The molecule has 1 nitrogen and oxygen atoms in total. The summed E-state index contributed by atoms with van der Waals surface area (Å²) in [5.74, 6) is -35.7. The van der Waals surface area contributed by atoms with Crippen LogP contribution in [0.15, 0.2) is 0 Å². The van der Waals surface area contributed by atoms with Crippen molar-refractivity contribution in [3.8, 4) is 0 Å². The minimum Gasteiger partial charge on any atom is -0.331 e. The number of unbranched alkanes of at least 4 members (excludes halogenated alkanes) is 1. The Morgan fingerprint density at radius 2 is 0.957 bits per heavy atom. The van der Waals surface area contributed by atoms with Gasteiger partial charge in [0.05, 0.1) is 0 Å². The summed E-state index contributed by atoms with van der Waals surface area (Å²) in [4.78, 5) is 0. The Hall–Kier alpha value is -0.880. The number of hydrogen-bond acceptors (Lipinski definition) is 1. The molecule has 0 radical (unpaired) electrons. The van der Waals surface area contributed by atoms with E-state index in [0.717, 1.165) is 6.92 Å². The zero-order valence-corrected chi connectivity index (χ0v) is 11.1. The maximum Gasteiger partial charge on any atom is 0.423 e. The summed E-state index contributed by atoms with van der Waals surface area (Å²) in [5.41, 5.74) is 0. The first-order valence-corrected chi connectivity index (χ1v) is 5.80. The molecule has 0 amide bonds. The second-order valence-corrected chi connectivity index (χ2v) is 4.65. The first-order chi connectivity index (χ1) is 9.81. The third-order valence-electron chi connectivity index (χ3n) is 2.86. The normalized spacial score (nSPS) is 15.9. The van der Waals surface area contributed by atoms with Crippen LogP contribution in [-0.4, -0.2) is 40.8 Å². The van der Waals surface area contributed by atoms with Crippen LogP contribution >= 0.6 is 0 Å². The second-order valence-electron chi connectivity index (χ2n) is 4.65. The first-order valence-electron chi connectivity index (χ1n) is 5.80. The van der Waals surface area contributed by atoms with Gasteiger partial charge in [-0.2, -0.15) is 52.7 Å². The van der Waals surface area contributed by atoms with Crippen LogP contribution in [0.1, 0.15) is 26.2 Å². The van der Waals surface area contributed by atoms with Crippen LogP contribution in [0.5, 0.6) is 0 Å². The lowest BCUT2D eigenvalue weighted by Crippen LogP contribution is -2.70. The average Bonchev–Trinajstić information content (AvgIpc) is 2.34. The van der Waals surface area contributed by atoms with Gasteiger partial charge in [0.15, 0.2) is 0 Å². The minimum atomic E-state index is -7.68. The van der Waals surface area contributed by atoms with E-state index in [1.54, 1.807) is 0 Å². The SMILES string of the molecule is CCCCC(F)(F)C(F)(F)C(F)(F)C(F)(F)C(F)(F)C(O)(F)F. The highest BCUT2D eigenvalue weighted by molar-refractivity contribution is 5.09. The highest BCUT2D eigenvalue weighted by Gasteiger charge is 2.90. The van der Waals surface area contributed by atoms with Gasteiger partial charge in [0.2, 0.25) is 0 Å². The quantitative estimate of drug-likeness (QED) is 0.597. The molecule has 0 aliphatic rings. The lowest BCUT2D eigenvalue weighted by atomic mass is 9.91. The van der Waals surface area contributed by atoms with Gasteiger partial charge < -0.3 is 5.11 Å². The standard InChI is InChI=1S/C10H10F12O/c1-2-3-4-5(11,12)6(13,14)7(15,16)8(17,18)9(19,20)10(21,22)23/h23H,2-4H2,1H3. The Morgan fingerprint density at radius 1 is 0.609 bits per heavy atom. The van der Waals surface area contributed by atoms with Gasteiger partial charge in [-0.3, -0.25) is 0 Å². The summed E-state index contributed by atoms with van der Waals surface area (Å²) in [5, 5.41) is 7.53. The van der Waals surface area contributed by atoms with E-state index in [0.29, 0.717) is 0 Å². The predicted octanol–water partition coefficient (Wildman–Crippen LogP) is 4.94. The van der Waals surface area contributed by atoms with E-state index >= 15 is 0 Å². The molecule has 0 aromatic heterocycles. The van der Waals surface area contributed by atoms with Gasteiger partial charge in [0, 0.05) is 6.42 Å². The second kappa shape index (κ2) is 5.88. The molecule has 0 bridgehead atoms. The van der Waals surface area contributed by atoms with Crippen molar-refractivity contribution >= 4 is 0 Å². The Bertz CT molecular complexity index is 411. The summed E-state index contributed by atoms with van der Waals surface area (Å²) in [6, 6.07) is 0. The first kappa shape index (κ1) is 22.1. The van der Waals surface area contributed by atoms with Gasteiger partial charge in [-0.15, -0.1) is 0 Å². The minimum absolute atomic E-state index is 0.265. The van der Waals surface area contributed by atoms with Gasteiger partial charge in [-0.25, -0.2) is 0 Å². The van der Waals surface area contributed by atoms with Crippen molar-refractivity contribution < 1.29 is 57.8 Å². The third kappa shape index (κ3) is 3.20. The highest BCUT2D eigenvalue weighted by Crippen LogP contribution is 2.60. The van der Waals surface area contributed by atoms with Crippen LogP contribution in [0.3, 0.4) is 0 Å². The number of aliphatic hydroxyl groups is 1. The van der Waals surface area contributed by atoms with Crippen molar-refractivity contribution in [1.82, 2.24) is 0 Å². The molecule has 1 N–H and O–H groups in total. The van der Waals surface area contributed by atoms with Crippen molar-refractivity contribution in [2.45, 2.75) is 61.9 Å². The van der Waals surface area contributed by atoms with Crippen LogP contribution in [-0.2, 0) is 0 Å². The summed E-state index contributed by atoms with van der Waals surface area (Å²) in [6.45, 7) is 1.14. The molecule has 13 heteroatoms. The van der Waals surface area contributed by atoms with E-state index in [1.807, 2.05) is 0 Å². The molecule has 0 unspecified atom stereocenters. The molecule has 0 spiro atoms. The summed E-state index contributed by atoms with van der Waals surface area (Å²) < 4.78 is 153. The maximum atomic E-state index is 13.1. The van der Waals surface area contributed by atoms with Gasteiger partial charge in [0.1, 0.15) is 0 Å². The van der Waals surface area contributed by atoms with E-state index in [9.17, 15) is 52.7 Å². The van der Waals surface area contributed by atoms with Gasteiger partial charge in [0.25, 0.3) is 0 Å². The fraction of sp³-hybridized carbons (Fsp3) is 1.00. The number of hydrogen-bond donors (Lipinski definition) is 1. The molecule has 23 heavy (non-hydrogen) atoms. The largest absolute Gasteiger partial charge is 0.423 e. The van der Waals surface area contributed by atoms with Crippen molar-refractivity contribution in [2.24, 2.45) is 0 Å². The fourth-order valence-corrected chi connectivity index (χ4v) is 1.37. The molecule has 0 rings (SSSR count). The third-order valence-corrected chi connectivity index (χ3v) is 2.86. The Balaban J connectivity index is 6.03. The topological polar surface area (TPSA) is 20.2 Å². The highest BCUT2D eigenvalue weighted by atomic mass is 19.4. The number of halogens is 12. The molecule has 0 aromatic carbocycles. The smallest absolute Gasteiger partial charge is 0.331 e. The van der Waals surface area contributed by atoms with Gasteiger partial charge in [-0.05, 0) is 6.42 Å². The van der Waals surface area contributed by atoms with Crippen LogP contribution in [0, 0.1) is 0 Å². The van der Waals surface area contributed by atoms with Crippen molar-refractivity contribution in [3.63, 3.8) is 0 Å². The molecular weight excluding hydrogens is 364 g/mol. The van der Waals surface area contributed by atoms with E-state index in [4.69, 9.17) is 5.11 Å². The monoisotopic (exact) mass is 374 g/mol. The number of alkyl halides is 12. The van der Waals surface area contributed by atoms with E-state index in [2.05, 4.69) is 0 Å². The molecule has 140 valence electrons. The Labute approximate surface area is 121 Å². The van der Waals surface area contributed by atoms with Crippen molar-refractivity contribution in [2.75, 3.05) is 0 Å². The van der Waals surface area contributed by atoms with Crippen molar-refractivity contribution in [1.29, 1.82) is 0 Å². The molecule has 0 fully saturated rings. The van der Waals surface area contributed by atoms with Crippen LogP contribution in [0.2, 0.25) is 0 Å². The van der Waals surface area contributed by atoms with E-state index in [-0.39, 0.29) is 6.42 Å². The zero-order chi connectivity index (χ0) is 19.1. The number of rotatable bonds is 8. The Kier molecular flexibility index (Phi) is 5.66. The Morgan fingerprint density at radius 3 is 1.26 bits per heavy atom. The lowest BCUT2D eigenvalue weighted by Gasteiger charge is -2.40. The molecule has 0 aromatic rings.